The fraction of sp³-hybridized carbons (Fsp3) is 0.515. The number of fused-ring (bicyclic) bond motifs is 2. The molecule has 6 heterocycles. The van der Waals surface area contributed by atoms with Crippen molar-refractivity contribution in [1.82, 2.24) is 25.5 Å². The molecule has 0 saturated carbocycles. The Kier molecular flexibility index (Phi) is 8.18. The van der Waals surface area contributed by atoms with Gasteiger partial charge in [-0.2, -0.15) is 23.1 Å². The molecule has 0 aliphatic carbocycles. The fourth-order valence-corrected chi connectivity index (χ4v) is 7.99. The van der Waals surface area contributed by atoms with Crippen LogP contribution in [-0.4, -0.2) is 70.7 Å². The predicted octanol–water partition coefficient (Wildman–Crippen LogP) is 4.05. The van der Waals surface area contributed by atoms with Gasteiger partial charge in [0.25, 0.3) is 5.91 Å². The van der Waals surface area contributed by atoms with Gasteiger partial charge in [0.05, 0.1) is 48.1 Å². The maximum absolute atomic E-state index is 15.6. The highest BCUT2D eigenvalue weighted by molar-refractivity contribution is 6.07. The summed E-state index contributed by atoms with van der Waals surface area (Å²) in [6.45, 7) is 2.95. The summed E-state index contributed by atoms with van der Waals surface area (Å²) in [7, 11) is 0. The van der Waals surface area contributed by atoms with Crippen LogP contribution in [-0.2, 0) is 28.7 Å². The number of nitrogens with zero attached hydrogens (tertiary/aromatic N) is 4. The van der Waals surface area contributed by atoms with E-state index in [1.54, 1.807) is 4.90 Å². The molecule has 1 aromatic heterocycles. The molecule has 2 aromatic rings. The molecular formula is C33H34F5N7O4. The third-order valence-electron chi connectivity index (χ3n) is 10.2. The molecule has 1 spiro atoms. The number of carbonyl (C=O) groups excluding carboxylic acids is 2. The van der Waals surface area contributed by atoms with E-state index in [1.807, 2.05) is 0 Å². The van der Waals surface area contributed by atoms with E-state index < -0.39 is 63.5 Å². The lowest BCUT2D eigenvalue weighted by molar-refractivity contribution is -0.140. The number of imide groups is 1. The number of nitrogen functional groups attached to an aromatic ring is 1. The van der Waals surface area contributed by atoms with Crippen molar-refractivity contribution in [3.63, 3.8) is 0 Å². The first kappa shape index (κ1) is 33.0. The molecule has 7 rings (SSSR count). The summed E-state index contributed by atoms with van der Waals surface area (Å²) in [5, 5.41) is 5.01. The zero-order valence-corrected chi connectivity index (χ0v) is 26.6. The van der Waals surface area contributed by atoms with Crippen LogP contribution in [0.1, 0.15) is 73.1 Å². The molecule has 3 amide bonds. The van der Waals surface area contributed by atoms with Crippen molar-refractivity contribution in [3.8, 4) is 17.9 Å². The number of nitrogens with one attached hydrogen (secondary N) is 2. The van der Waals surface area contributed by atoms with Gasteiger partial charge in [0.15, 0.2) is 5.82 Å². The van der Waals surface area contributed by atoms with E-state index in [-0.39, 0.29) is 37.9 Å². The Morgan fingerprint density at radius 3 is 2.73 bits per heavy atom. The topological polar surface area (TPSA) is 135 Å². The Hall–Kier alpha value is -4.49. The van der Waals surface area contributed by atoms with Crippen LogP contribution in [0.5, 0.6) is 6.01 Å². The number of piperidine rings is 1. The lowest BCUT2D eigenvalue weighted by Gasteiger charge is -2.40. The predicted molar refractivity (Wildman–Crippen MR) is 165 cm³/mol. The first-order valence-electron chi connectivity index (χ1n) is 16.0. The highest BCUT2D eigenvalue weighted by atomic mass is 19.4. The molecule has 4 saturated heterocycles. The summed E-state index contributed by atoms with van der Waals surface area (Å²) >= 11 is 0. The number of carbonyl (C=O) groups is 2. The number of ether oxygens (including phenoxy) is 2. The number of anilines is 2. The summed E-state index contributed by atoms with van der Waals surface area (Å²) in [6.07, 6.45) is -3.05. The second-order valence-corrected chi connectivity index (χ2v) is 13.2. The number of nitrogens with two attached hydrogens (primary N) is 1. The summed E-state index contributed by atoms with van der Waals surface area (Å²) in [4.78, 5) is 38.2. The normalized spacial score (nSPS) is 27.5. The second kappa shape index (κ2) is 12.1. The van der Waals surface area contributed by atoms with E-state index in [1.165, 1.54) is 6.92 Å². The van der Waals surface area contributed by atoms with Crippen molar-refractivity contribution in [2.45, 2.75) is 75.4 Å². The van der Waals surface area contributed by atoms with Crippen LogP contribution in [0.25, 0.3) is 0 Å². The number of aromatic nitrogens is 2. The Morgan fingerprint density at radius 1 is 1.22 bits per heavy atom. The minimum absolute atomic E-state index is 0.0559. The summed E-state index contributed by atoms with van der Waals surface area (Å²) in [6, 6.07) is 0.181. The van der Waals surface area contributed by atoms with Gasteiger partial charge in [-0.05, 0) is 57.2 Å². The molecule has 4 N–H and O–H groups in total. The highest BCUT2D eigenvalue weighted by Gasteiger charge is 2.50. The van der Waals surface area contributed by atoms with Crippen LogP contribution in [0.2, 0.25) is 0 Å². The van der Waals surface area contributed by atoms with Gasteiger partial charge in [-0.25, -0.2) is 13.6 Å². The quantitative estimate of drug-likeness (QED) is 0.184. The molecule has 5 aliphatic heterocycles. The van der Waals surface area contributed by atoms with Gasteiger partial charge >= 0.3 is 18.2 Å². The number of rotatable bonds is 5. The molecule has 11 nitrogen and oxygen atoms in total. The summed E-state index contributed by atoms with van der Waals surface area (Å²) < 4.78 is 84.8. The standard InChI is InChI=1S/C33H34F5N7O4/c1-2-5-19-10-21(39)26(35)24(25(19)33(36,37)38)23-11-22-20(15-48-23)27(44-8-4-7-32(16-44)28(46)42-29(47)43-32)41-30(40-22)49-17-31-6-3-9-45(31)14-18(12-31)13-34/h10,13,23H,3-4,6-9,11-12,14-17,39H2,1H3,(H2,42,43,46,47)/b18-13+/t23-,31-,32-/m1/s1. The Bertz CT molecular complexity index is 1820. The minimum atomic E-state index is -4.98. The van der Waals surface area contributed by atoms with E-state index in [0.29, 0.717) is 55.6 Å². The lowest BCUT2D eigenvalue weighted by atomic mass is 9.88. The van der Waals surface area contributed by atoms with E-state index in [0.717, 1.165) is 25.5 Å². The van der Waals surface area contributed by atoms with Crippen LogP contribution in [0, 0.1) is 17.7 Å². The summed E-state index contributed by atoms with van der Waals surface area (Å²) in [5.41, 5.74) is 2.51. The molecule has 0 radical (unpaired) electrons. The molecule has 4 fully saturated rings. The van der Waals surface area contributed by atoms with Crippen LogP contribution >= 0.6 is 0 Å². The molecular weight excluding hydrogens is 653 g/mol. The average molecular weight is 688 g/mol. The van der Waals surface area contributed by atoms with Gasteiger partial charge in [0.2, 0.25) is 0 Å². The van der Waals surface area contributed by atoms with Crippen molar-refractivity contribution in [3.05, 3.63) is 51.7 Å². The third kappa shape index (κ3) is 5.72. The monoisotopic (exact) mass is 687 g/mol. The molecule has 0 bridgehead atoms. The Balaban J connectivity index is 1.28. The van der Waals surface area contributed by atoms with E-state index in [4.69, 9.17) is 20.2 Å². The Labute approximate surface area is 278 Å². The van der Waals surface area contributed by atoms with Crippen molar-refractivity contribution in [1.29, 1.82) is 0 Å². The number of urea groups is 1. The average Bonchev–Trinajstić information content (AvgIpc) is 3.69. The first-order chi connectivity index (χ1) is 23.4. The molecule has 49 heavy (non-hydrogen) atoms. The summed E-state index contributed by atoms with van der Waals surface area (Å²) in [5.74, 6) is 3.42. The van der Waals surface area contributed by atoms with Crippen LogP contribution in [0.4, 0.5) is 38.3 Å². The minimum Gasteiger partial charge on any atom is -0.461 e. The number of benzene rings is 1. The van der Waals surface area contributed by atoms with Crippen molar-refractivity contribution < 1.29 is 41.0 Å². The third-order valence-corrected chi connectivity index (χ3v) is 10.2. The number of hydrogen-bond donors (Lipinski definition) is 3. The van der Waals surface area contributed by atoms with E-state index >= 15 is 4.39 Å². The second-order valence-electron chi connectivity index (χ2n) is 13.2. The fourth-order valence-electron chi connectivity index (χ4n) is 7.99. The number of hydrogen-bond acceptors (Lipinski definition) is 9. The van der Waals surface area contributed by atoms with E-state index in [9.17, 15) is 27.2 Å². The van der Waals surface area contributed by atoms with Crippen LogP contribution in [0.15, 0.2) is 18.0 Å². The molecule has 5 aliphatic rings. The lowest BCUT2D eigenvalue weighted by Crippen LogP contribution is -2.59. The smallest absolute Gasteiger partial charge is 0.418 e. The number of alkyl halides is 3. The van der Waals surface area contributed by atoms with Gasteiger partial charge in [-0.15, -0.1) is 5.92 Å². The highest BCUT2D eigenvalue weighted by Crippen LogP contribution is 2.46. The van der Waals surface area contributed by atoms with Crippen molar-refractivity contribution in [2.24, 2.45) is 0 Å². The molecule has 0 unspecified atom stereocenters. The maximum atomic E-state index is 15.6. The van der Waals surface area contributed by atoms with Gasteiger partial charge in [0.1, 0.15) is 18.0 Å². The first-order valence-corrected chi connectivity index (χ1v) is 16.0. The molecule has 3 atom stereocenters. The molecule has 1 aromatic carbocycles. The van der Waals surface area contributed by atoms with Gasteiger partial charge in [0, 0.05) is 36.2 Å². The molecule has 16 heteroatoms. The van der Waals surface area contributed by atoms with Crippen LogP contribution in [0.3, 0.4) is 0 Å². The zero-order valence-electron chi connectivity index (χ0n) is 26.6. The number of amides is 3. The van der Waals surface area contributed by atoms with Crippen molar-refractivity contribution in [2.75, 3.05) is 43.4 Å². The SMILES string of the molecule is CC#Cc1cc(N)c(F)c([C@H]2Cc3nc(OC[C@]45CCCN4C/C(=C/F)C5)nc(N4CCC[C@]5(C4)NC(=O)NC5=O)c3CO2)c1C(F)(F)F. The Morgan fingerprint density at radius 2 is 2.02 bits per heavy atom. The van der Waals surface area contributed by atoms with Crippen molar-refractivity contribution >= 4 is 23.4 Å². The number of halogens is 5. The van der Waals surface area contributed by atoms with Gasteiger partial charge in [-0.1, -0.05) is 5.92 Å². The largest absolute Gasteiger partial charge is 0.461 e. The van der Waals surface area contributed by atoms with E-state index in [2.05, 4.69) is 32.4 Å². The zero-order chi connectivity index (χ0) is 34.7. The van der Waals surface area contributed by atoms with Gasteiger partial charge in [-0.3, -0.25) is 15.0 Å². The van der Waals surface area contributed by atoms with Gasteiger partial charge < -0.3 is 25.4 Å². The maximum Gasteiger partial charge on any atom is 0.418 e. The molecule has 260 valence electrons. The van der Waals surface area contributed by atoms with Crippen LogP contribution < -0.4 is 26.0 Å².